The molecule has 5 heteroatoms. The topological polar surface area (TPSA) is 50.4 Å². The predicted molar refractivity (Wildman–Crippen MR) is 72.8 cm³/mol. The van der Waals surface area contributed by atoms with E-state index in [9.17, 15) is 4.79 Å². The molecule has 1 heterocycles. The largest absolute Gasteiger partial charge is 0.366 e. The van der Waals surface area contributed by atoms with Gasteiger partial charge in [0.1, 0.15) is 6.10 Å². The standard InChI is InChI=1S/C13H18N2O2S/c16-13(12-10-14-6-8-17-12)15-7-9-18-11-4-2-1-3-5-11/h1-5,12,14H,6-10H2,(H,15,16). The van der Waals surface area contributed by atoms with E-state index in [1.165, 1.54) is 4.90 Å². The third-order valence-electron chi connectivity index (χ3n) is 2.63. The van der Waals surface area contributed by atoms with E-state index in [-0.39, 0.29) is 12.0 Å². The highest BCUT2D eigenvalue weighted by molar-refractivity contribution is 7.99. The maximum Gasteiger partial charge on any atom is 0.250 e. The molecule has 1 atom stereocenters. The number of thioether (sulfide) groups is 1. The highest BCUT2D eigenvalue weighted by Crippen LogP contribution is 2.15. The first-order valence-corrected chi connectivity index (χ1v) is 7.13. The van der Waals surface area contributed by atoms with Crippen molar-refractivity contribution < 1.29 is 9.53 Å². The third-order valence-corrected chi connectivity index (χ3v) is 3.65. The zero-order chi connectivity index (χ0) is 12.6. The van der Waals surface area contributed by atoms with E-state index >= 15 is 0 Å². The lowest BCUT2D eigenvalue weighted by molar-refractivity contribution is -0.134. The van der Waals surface area contributed by atoms with Crippen molar-refractivity contribution in [3.8, 4) is 0 Å². The van der Waals surface area contributed by atoms with Crippen LogP contribution in [0.25, 0.3) is 0 Å². The average Bonchev–Trinajstić information content (AvgIpc) is 2.45. The number of carbonyl (C=O) groups excluding carboxylic acids is 1. The molecular weight excluding hydrogens is 248 g/mol. The molecule has 1 amide bonds. The van der Waals surface area contributed by atoms with E-state index in [0.29, 0.717) is 19.7 Å². The number of carbonyl (C=O) groups is 1. The fourth-order valence-electron chi connectivity index (χ4n) is 1.71. The van der Waals surface area contributed by atoms with Gasteiger partial charge in [-0.3, -0.25) is 4.79 Å². The van der Waals surface area contributed by atoms with Crippen LogP contribution in [0.2, 0.25) is 0 Å². The van der Waals surface area contributed by atoms with Crippen LogP contribution in [0.3, 0.4) is 0 Å². The van der Waals surface area contributed by atoms with E-state index in [0.717, 1.165) is 12.3 Å². The summed E-state index contributed by atoms with van der Waals surface area (Å²) >= 11 is 1.74. The van der Waals surface area contributed by atoms with Crippen LogP contribution in [0.15, 0.2) is 35.2 Å². The summed E-state index contributed by atoms with van der Waals surface area (Å²) in [6.07, 6.45) is -0.333. The summed E-state index contributed by atoms with van der Waals surface area (Å²) in [5.41, 5.74) is 0. The Kier molecular flexibility index (Phi) is 5.51. The Labute approximate surface area is 111 Å². The van der Waals surface area contributed by atoms with Gasteiger partial charge < -0.3 is 15.4 Å². The molecular formula is C13H18N2O2S. The number of hydrogen-bond donors (Lipinski definition) is 2. The number of morpholine rings is 1. The highest BCUT2D eigenvalue weighted by Gasteiger charge is 2.20. The lowest BCUT2D eigenvalue weighted by atomic mass is 10.3. The monoisotopic (exact) mass is 266 g/mol. The quantitative estimate of drug-likeness (QED) is 0.614. The van der Waals surface area contributed by atoms with Gasteiger partial charge >= 0.3 is 0 Å². The number of benzene rings is 1. The summed E-state index contributed by atoms with van der Waals surface area (Å²) in [6.45, 7) is 2.71. The molecule has 1 aliphatic rings. The van der Waals surface area contributed by atoms with Gasteiger partial charge in [-0.1, -0.05) is 18.2 Å². The summed E-state index contributed by atoms with van der Waals surface area (Å²) in [5, 5.41) is 6.04. The van der Waals surface area contributed by atoms with Crippen molar-refractivity contribution >= 4 is 17.7 Å². The number of hydrogen-bond acceptors (Lipinski definition) is 4. The van der Waals surface area contributed by atoms with Gasteiger partial charge in [0, 0.05) is 30.3 Å². The molecule has 0 spiro atoms. The fourth-order valence-corrected chi connectivity index (χ4v) is 2.50. The molecule has 0 bridgehead atoms. The highest BCUT2D eigenvalue weighted by atomic mass is 32.2. The second kappa shape index (κ2) is 7.41. The van der Waals surface area contributed by atoms with E-state index in [4.69, 9.17) is 4.74 Å². The summed E-state index contributed by atoms with van der Waals surface area (Å²) in [6, 6.07) is 10.2. The molecule has 1 aliphatic heterocycles. The van der Waals surface area contributed by atoms with Gasteiger partial charge in [-0.05, 0) is 12.1 Å². The maximum atomic E-state index is 11.7. The van der Waals surface area contributed by atoms with Gasteiger partial charge in [-0.2, -0.15) is 0 Å². The Hall–Kier alpha value is -1.04. The molecule has 1 saturated heterocycles. The summed E-state index contributed by atoms with van der Waals surface area (Å²) in [4.78, 5) is 12.9. The van der Waals surface area contributed by atoms with Gasteiger partial charge in [0.15, 0.2) is 0 Å². The molecule has 0 saturated carbocycles. The lowest BCUT2D eigenvalue weighted by Gasteiger charge is -2.22. The summed E-state index contributed by atoms with van der Waals surface area (Å²) in [7, 11) is 0. The van der Waals surface area contributed by atoms with Crippen molar-refractivity contribution in [1.29, 1.82) is 0 Å². The fraction of sp³-hybridized carbons (Fsp3) is 0.462. The second-order valence-corrected chi connectivity index (χ2v) is 5.18. The van der Waals surface area contributed by atoms with Crippen LogP contribution in [0, 0.1) is 0 Å². The van der Waals surface area contributed by atoms with Crippen LogP contribution in [0.5, 0.6) is 0 Å². The van der Waals surface area contributed by atoms with Gasteiger partial charge in [0.2, 0.25) is 5.91 Å². The molecule has 2 N–H and O–H groups in total. The van der Waals surface area contributed by atoms with Crippen LogP contribution < -0.4 is 10.6 Å². The van der Waals surface area contributed by atoms with Crippen LogP contribution in [-0.4, -0.2) is 44.0 Å². The number of rotatable bonds is 5. The van der Waals surface area contributed by atoms with Crippen molar-refractivity contribution in [3.05, 3.63) is 30.3 Å². The van der Waals surface area contributed by atoms with Crippen LogP contribution in [-0.2, 0) is 9.53 Å². The van der Waals surface area contributed by atoms with Gasteiger partial charge in [-0.25, -0.2) is 0 Å². The van der Waals surface area contributed by atoms with E-state index in [2.05, 4.69) is 22.8 Å². The molecule has 18 heavy (non-hydrogen) atoms. The lowest BCUT2D eigenvalue weighted by Crippen LogP contribution is -2.48. The molecule has 1 fully saturated rings. The maximum absolute atomic E-state index is 11.7. The Morgan fingerprint density at radius 2 is 2.28 bits per heavy atom. The average molecular weight is 266 g/mol. The number of amides is 1. The van der Waals surface area contributed by atoms with Crippen LogP contribution >= 0.6 is 11.8 Å². The van der Waals surface area contributed by atoms with Crippen molar-refractivity contribution in [1.82, 2.24) is 10.6 Å². The first-order valence-electron chi connectivity index (χ1n) is 6.14. The minimum absolute atomic E-state index is 0.0177. The minimum atomic E-state index is -0.333. The molecule has 1 aromatic carbocycles. The Bertz CT molecular complexity index is 367. The molecule has 98 valence electrons. The first-order chi connectivity index (χ1) is 8.86. The molecule has 0 aliphatic carbocycles. The van der Waals surface area contributed by atoms with Gasteiger partial charge in [0.05, 0.1) is 6.61 Å². The Balaban J connectivity index is 1.61. The van der Waals surface area contributed by atoms with Crippen molar-refractivity contribution in [2.45, 2.75) is 11.0 Å². The SMILES string of the molecule is O=C(NCCSc1ccccc1)C1CNCCO1. The van der Waals surface area contributed by atoms with Crippen molar-refractivity contribution in [2.75, 3.05) is 32.0 Å². The molecule has 1 unspecified atom stereocenters. The van der Waals surface area contributed by atoms with E-state index in [1.807, 2.05) is 18.2 Å². The normalized spacial score (nSPS) is 19.4. The minimum Gasteiger partial charge on any atom is -0.366 e. The Morgan fingerprint density at radius 3 is 3.00 bits per heavy atom. The summed E-state index contributed by atoms with van der Waals surface area (Å²) < 4.78 is 5.37. The third kappa shape index (κ3) is 4.33. The van der Waals surface area contributed by atoms with E-state index < -0.39 is 0 Å². The zero-order valence-corrected chi connectivity index (χ0v) is 11.0. The Morgan fingerprint density at radius 1 is 1.44 bits per heavy atom. The van der Waals surface area contributed by atoms with Crippen LogP contribution in [0.4, 0.5) is 0 Å². The molecule has 0 aromatic heterocycles. The van der Waals surface area contributed by atoms with Crippen molar-refractivity contribution in [3.63, 3.8) is 0 Å². The summed E-state index contributed by atoms with van der Waals surface area (Å²) in [5.74, 6) is 0.853. The molecule has 1 aromatic rings. The zero-order valence-electron chi connectivity index (χ0n) is 10.2. The van der Waals surface area contributed by atoms with Crippen LogP contribution in [0.1, 0.15) is 0 Å². The molecule has 4 nitrogen and oxygen atoms in total. The smallest absolute Gasteiger partial charge is 0.250 e. The second-order valence-electron chi connectivity index (χ2n) is 4.02. The number of nitrogens with one attached hydrogen (secondary N) is 2. The van der Waals surface area contributed by atoms with Crippen molar-refractivity contribution in [2.24, 2.45) is 0 Å². The first kappa shape index (κ1) is 13.4. The number of ether oxygens (including phenoxy) is 1. The van der Waals surface area contributed by atoms with Gasteiger partial charge in [-0.15, -0.1) is 11.8 Å². The van der Waals surface area contributed by atoms with Gasteiger partial charge in [0.25, 0.3) is 0 Å². The predicted octanol–water partition coefficient (Wildman–Crippen LogP) is 0.883. The molecule has 0 radical (unpaired) electrons. The van der Waals surface area contributed by atoms with E-state index in [1.54, 1.807) is 11.8 Å². The molecule has 2 rings (SSSR count).